The van der Waals surface area contributed by atoms with Crippen LogP contribution in [0.2, 0.25) is 0 Å². The van der Waals surface area contributed by atoms with Gasteiger partial charge in [-0.05, 0) is 37.1 Å². The summed E-state index contributed by atoms with van der Waals surface area (Å²) in [5.41, 5.74) is 2.61. The number of amides is 1. The maximum atomic E-state index is 12.1. The van der Waals surface area contributed by atoms with Gasteiger partial charge in [0.25, 0.3) is 0 Å². The van der Waals surface area contributed by atoms with E-state index in [-0.39, 0.29) is 24.2 Å². The highest BCUT2D eigenvalue weighted by atomic mass is 16.5. The molecule has 0 saturated heterocycles. The predicted molar refractivity (Wildman–Crippen MR) is 74.6 cm³/mol. The van der Waals surface area contributed by atoms with Crippen molar-refractivity contribution in [3.8, 4) is 5.75 Å². The van der Waals surface area contributed by atoms with Gasteiger partial charge < -0.3 is 10.1 Å². The molecule has 1 aromatic rings. The molecule has 0 saturated carbocycles. The van der Waals surface area contributed by atoms with E-state index in [9.17, 15) is 9.59 Å². The number of nitrogens with one attached hydrogen (secondary N) is 1. The van der Waals surface area contributed by atoms with E-state index < -0.39 is 0 Å². The highest BCUT2D eigenvalue weighted by molar-refractivity contribution is 6.01. The fourth-order valence-electron chi connectivity index (χ4n) is 1.64. The number of carbonyl (C=O) groups is 2. The number of hydrogen-bond acceptors (Lipinski definition) is 3. The van der Waals surface area contributed by atoms with Gasteiger partial charge in [0.1, 0.15) is 5.75 Å². The van der Waals surface area contributed by atoms with Crippen molar-refractivity contribution in [2.45, 2.75) is 27.7 Å². The summed E-state index contributed by atoms with van der Waals surface area (Å²) in [4.78, 5) is 23.6. The Bertz CT molecular complexity index is 492. The van der Waals surface area contributed by atoms with Crippen LogP contribution in [0, 0.1) is 19.8 Å². The number of ether oxygens (including phenoxy) is 1. The van der Waals surface area contributed by atoms with E-state index in [1.807, 2.05) is 19.9 Å². The molecule has 0 fully saturated rings. The van der Waals surface area contributed by atoms with E-state index >= 15 is 0 Å². The number of ketones is 1. The SMILES string of the molecule is COc1cc(C)c(C)cc1C(=O)CNC(=O)C(C)C. The van der Waals surface area contributed by atoms with Crippen molar-refractivity contribution in [2.75, 3.05) is 13.7 Å². The van der Waals surface area contributed by atoms with E-state index in [1.165, 1.54) is 7.11 Å². The molecule has 1 amide bonds. The van der Waals surface area contributed by atoms with Crippen LogP contribution in [0.5, 0.6) is 5.75 Å². The number of methoxy groups -OCH3 is 1. The zero-order chi connectivity index (χ0) is 14.6. The van der Waals surface area contributed by atoms with Crippen LogP contribution in [-0.4, -0.2) is 25.3 Å². The molecule has 104 valence electrons. The van der Waals surface area contributed by atoms with Gasteiger partial charge in [-0.25, -0.2) is 0 Å². The molecule has 0 heterocycles. The van der Waals surface area contributed by atoms with Crippen LogP contribution < -0.4 is 10.1 Å². The summed E-state index contributed by atoms with van der Waals surface area (Å²) in [5.74, 6) is 0.145. The number of Topliss-reactive ketones (excluding diaryl/α,β-unsaturated/α-hetero) is 1. The molecule has 0 aliphatic heterocycles. The zero-order valence-corrected chi connectivity index (χ0v) is 12.2. The maximum Gasteiger partial charge on any atom is 0.222 e. The van der Waals surface area contributed by atoms with E-state index in [4.69, 9.17) is 4.74 Å². The average molecular weight is 263 g/mol. The number of hydrogen-bond donors (Lipinski definition) is 1. The predicted octanol–water partition coefficient (Wildman–Crippen LogP) is 2.27. The van der Waals surface area contributed by atoms with E-state index in [0.29, 0.717) is 11.3 Å². The lowest BCUT2D eigenvalue weighted by molar-refractivity contribution is -0.123. The van der Waals surface area contributed by atoms with Crippen molar-refractivity contribution in [3.63, 3.8) is 0 Å². The van der Waals surface area contributed by atoms with Gasteiger partial charge in [-0.2, -0.15) is 0 Å². The molecular weight excluding hydrogens is 242 g/mol. The van der Waals surface area contributed by atoms with E-state index in [0.717, 1.165) is 11.1 Å². The van der Waals surface area contributed by atoms with Gasteiger partial charge in [-0.15, -0.1) is 0 Å². The normalized spacial score (nSPS) is 10.4. The first kappa shape index (κ1) is 15.2. The van der Waals surface area contributed by atoms with Gasteiger partial charge in [0.05, 0.1) is 19.2 Å². The van der Waals surface area contributed by atoms with E-state index in [2.05, 4.69) is 5.32 Å². The Labute approximate surface area is 114 Å². The van der Waals surface area contributed by atoms with Crippen LogP contribution in [0.15, 0.2) is 12.1 Å². The minimum atomic E-state index is -0.144. The van der Waals surface area contributed by atoms with Gasteiger partial charge in [-0.3, -0.25) is 9.59 Å². The van der Waals surface area contributed by atoms with Gasteiger partial charge in [0.15, 0.2) is 5.78 Å². The first-order chi connectivity index (χ1) is 8.86. The van der Waals surface area contributed by atoms with Crippen molar-refractivity contribution in [3.05, 3.63) is 28.8 Å². The third kappa shape index (κ3) is 3.81. The fourth-order valence-corrected chi connectivity index (χ4v) is 1.64. The molecule has 0 unspecified atom stereocenters. The average Bonchev–Trinajstić information content (AvgIpc) is 2.37. The molecule has 0 spiro atoms. The smallest absolute Gasteiger partial charge is 0.222 e. The third-order valence-electron chi connectivity index (χ3n) is 3.06. The fraction of sp³-hybridized carbons (Fsp3) is 0.467. The monoisotopic (exact) mass is 263 g/mol. The highest BCUT2D eigenvalue weighted by Gasteiger charge is 2.15. The molecule has 0 aliphatic carbocycles. The first-order valence-corrected chi connectivity index (χ1v) is 6.33. The number of aryl methyl sites for hydroxylation is 2. The second kappa shape index (κ2) is 6.36. The lowest BCUT2D eigenvalue weighted by atomic mass is 10.0. The molecule has 0 aliphatic rings. The Morgan fingerprint density at radius 1 is 1.21 bits per heavy atom. The molecule has 19 heavy (non-hydrogen) atoms. The Morgan fingerprint density at radius 3 is 2.32 bits per heavy atom. The van der Waals surface area contributed by atoms with Gasteiger partial charge in [0, 0.05) is 5.92 Å². The van der Waals surface area contributed by atoms with Crippen molar-refractivity contribution >= 4 is 11.7 Å². The minimum Gasteiger partial charge on any atom is -0.496 e. The Balaban J connectivity index is 2.88. The van der Waals surface area contributed by atoms with Crippen LogP contribution in [0.4, 0.5) is 0 Å². The second-order valence-corrected chi connectivity index (χ2v) is 4.93. The molecule has 1 aromatic carbocycles. The lowest BCUT2D eigenvalue weighted by Gasteiger charge is -2.12. The van der Waals surface area contributed by atoms with Gasteiger partial charge in [0.2, 0.25) is 5.91 Å². The van der Waals surface area contributed by atoms with Crippen molar-refractivity contribution in [1.29, 1.82) is 0 Å². The highest BCUT2D eigenvalue weighted by Crippen LogP contribution is 2.23. The summed E-state index contributed by atoms with van der Waals surface area (Å²) < 4.78 is 5.22. The first-order valence-electron chi connectivity index (χ1n) is 6.33. The summed E-state index contributed by atoms with van der Waals surface area (Å²) in [6, 6.07) is 3.64. The topological polar surface area (TPSA) is 55.4 Å². The van der Waals surface area contributed by atoms with Crippen LogP contribution in [0.25, 0.3) is 0 Å². The minimum absolute atomic E-state index is 0.00409. The molecule has 1 N–H and O–H groups in total. The molecule has 0 bridgehead atoms. The van der Waals surface area contributed by atoms with Gasteiger partial charge >= 0.3 is 0 Å². The Hall–Kier alpha value is -1.84. The second-order valence-electron chi connectivity index (χ2n) is 4.93. The standard InChI is InChI=1S/C15H21NO3/c1-9(2)15(18)16-8-13(17)12-6-10(3)11(4)7-14(12)19-5/h6-7,9H,8H2,1-5H3,(H,16,18). The molecule has 0 aromatic heterocycles. The summed E-state index contributed by atoms with van der Waals surface area (Å²) in [6.07, 6.45) is 0. The largest absolute Gasteiger partial charge is 0.496 e. The van der Waals surface area contributed by atoms with Crippen molar-refractivity contribution in [2.24, 2.45) is 5.92 Å². The third-order valence-corrected chi connectivity index (χ3v) is 3.06. The van der Waals surface area contributed by atoms with Crippen LogP contribution in [0.3, 0.4) is 0 Å². The quantitative estimate of drug-likeness (QED) is 0.829. The Morgan fingerprint density at radius 2 is 1.79 bits per heavy atom. The summed E-state index contributed by atoms with van der Waals surface area (Å²) in [5, 5.41) is 2.62. The Kier molecular flexibility index (Phi) is 5.10. The number of benzene rings is 1. The van der Waals surface area contributed by atoms with E-state index in [1.54, 1.807) is 19.9 Å². The molecule has 4 nitrogen and oxygen atoms in total. The van der Waals surface area contributed by atoms with Gasteiger partial charge in [-0.1, -0.05) is 13.8 Å². The molecule has 1 rings (SSSR count). The van der Waals surface area contributed by atoms with Crippen LogP contribution >= 0.6 is 0 Å². The number of carbonyl (C=O) groups excluding carboxylic acids is 2. The van der Waals surface area contributed by atoms with Crippen molar-refractivity contribution in [1.82, 2.24) is 5.32 Å². The lowest BCUT2D eigenvalue weighted by Crippen LogP contribution is -2.32. The summed E-state index contributed by atoms with van der Waals surface area (Å²) >= 11 is 0. The number of rotatable bonds is 5. The van der Waals surface area contributed by atoms with Crippen molar-refractivity contribution < 1.29 is 14.3 Å². The maximum absolute atomic E-state index is 12.1. The van der Waals surface area contributed by atoms with Crippen LogP contribution in [0.1, 0.15) is 35.3 Å². The van der Waals surface area contributed by atoms with Crippen LogP contribution in [-0.2, 0) is 4.79 Å². The molecular formula is C15H21NO3. The summed E-state index contributed by atoms with van der Waals surface area (Å²) in [6.45, 7) is 7.48. The molecule has 0 atom stereocenters. The molecule has 4 heteroatoms. The summed E-state index contributed by atoms with van der Waals surface area (Å²) in [7, 11) is 1.54. The zero-order valence-electron chi connectivity index (χ0n) is 12.2. The molecule has 0 radical (unpaired) electrons.